The van der Waals surface area contributed by atoms with Gasteiger partial charge in [-0.3, -0.25) is 14.4 Å². The van der Waals surface area contributed by atoms with Crippen LogP contribution in [0.15, 0.2) is 89.4 Å². The van der Waals surface area contributed by atoms with Gasteiger partial charge in [0.1, 0.15) is 45.5 Å². The van der Waals surface area contributed by atoms with Gasteiger partial charge in [0.15, 0.2) is 0 Å². The molecule has 3 aromatic rings. The first-order valence-corrected chi connectivity index (χ1v) is 23.0. The smallest absolute Gasteiger partial charge is 0.330 e. The molecule has 0 unspecified atom stereocenters. The van der Waals surface area contributed by atoms with Crippen molar-refractivity contribution in [3.63, 3.8) is 0 Å². The molecule has 0 N–H and O–H groups in total. The largest absolute Gasteiger partial charge is 0.462 e. The van der Waals surface area contributed by atoms with E-state index in [4.69, 9.17) is 51.6 Å². The summed E-state index contributed by atoms with van der Waals surface area (Å²) in [5.41, 5.74) is 0.553. The molecule has 16 heteroatoms. The second-order valence-corrected chi connectivity index (χ2v) is 18.1. The molecule has 0 fully saturated rings. The van der Waals surface area contributed by atoms with Crippen LogP contribution in [0.1, 0.15) is 98.3 Å². The summed E-state index contributed by atoms with van der Waals surface area (Å²) in [6.07, 6.45) is 10.5. The van der Waals surface area contributed by atoms with Crippen molar-refractivity contribution in [1.82, 2.24) is 0 Å². The maximum absolute atomic E-state index is 12.7. The van der Waals surface area contributed by atoms with Crippen molar-refractivity contribution in [1.29, 1.82) is 0 Å². The van der Waals surface area contributed by atoms with Gasteiger partial charge in [-0.15, -0.1) is 0 Å². The maximum atomic E-state index is 12.7. The van der Waals surface area contributed by atoms with Gasteiger partial charge in [-0.1, -0.05) is 90.2 Å². The molecular weight excluding hydrogens is 974 g/mol. The van der Waals surface area contributed by atoms with Crippen LogP contribution in [0.5, 0.6) is 0 Å². The van der Waals surface area contributed by atoms with Crippen molar-refractivity contribution in [2.45, 2.75) is 81.6 Å². The number of esters is 6. The Bertz CT molecular complexity index is 2030. The van der Waals surface area contributed by atoms with E-state index < -0.39 is 34.2 Å². The molecule has 0 aliphatic rings. The average molecular weight is 1040 g/mol. The van der Waals surface area contributed by atoms with Gasteiger partial charge in [0, 0.05) is 38.3 Å². The van der Waals surface area contributed by atoms with Crippen LogP contribution in [0, 0.1) is 22.1 Å². The van der Waals surface area contributed by atoms with Crippen molar-refractivity contribution in [3.05, 3.63) is 122 Å². The third-order valence-corrected chi connectivity index (χ3v) is 11.1. The Morgan fingerprint density at radius 3 is 1.12 bits per heavy atom. The first kappa shape index (κ1) is 59.7. The standard InChI is InChI=1S/C17H21BrO4.C17H20Cl2O4.C17H21FO4/c1-4-17(2,3)16(20)22-12-11-21-15(19)10-7-13-5-8-14(18)9-6-13;1-4-17(2,3)16(21)23-11-10-22-15(20)9-8-12-13(18)6-5-7-14(12)19;1-4-17(2,3)16(20)22-12-11-21-15(19)10-7-13-5-8-14(18)9-6-13/h5-10H,4,11-12H2,1-3H3;5-9H,4,10-11H2,1-3H3;5-10H,4,11-12H2,1-3H3/b10-7+;9-8+;10-7+. The highest BCUT2D eigenvalue weighted by Crippen LogP contribution is 2.26. The summed E-state index contributed by atoms with van der Waals surface area (Å²) in [6.45, 7) is 16.7. The number of carbonyl (C=O) groups is 6. The molecule has 3 rings (SSSR count). The van der Waals surface area contributed by atoms with Gasteiger partial charge in [0.05, 0.1) is 16.2 Å². The molecule has 0 atom stereocenters. The van der Waals surface area contributed by atoms with Gasteiger partial charge in [0.25, 0.3) is 0 Å². The predicted molar refractivity (Wildman–Crippen MR) is 262 cm³/mol. The Hall–Kier alpha value is -5.31. The molecule has 0 amide bonds. The predicted octanol–water partition coefficient (Wildman–Crippen LogP) is 11.9. The molecule has 12 nitrogen and oxygen atoms in total. The lowest BCUT2D eigenvalue weighted by Gasteiger charge is -2.20. The van der Waals surface area contributed by atoms with E-state index in [2.05, 4.69) is 15.9 Å². The van der Waals surface area contributed by atoms with E-state index in [0.717, 1.165) is 10.0 Å². The van der Waals surface area contributed by atoms with E-state index >= 15 is 0 Å². The van der Waals surface area contributed by atoms with E-state index in [9.17, 15) is 33.2 Å². The van der Waals surface area contributed by atoms with E-state index in [1.54, 1.807) is 64.1 Å². The molecular formula is C51H62BrCl2FO12. The monoisotopic (exact) mass is 1030 g/mol. The van der Waals surface area contributed by atoms with Crippen LogP contribution in [0.25, 0.3) is 18.2 Å². The molecule has 0 heterocycles. The highest BCUT2D eigenvalue weighted by atomic mass is 79.9. The molecule has 0 saturated carbocycles. The van der Waals surface area contributed by atoms with Crippen LogP contribution in [0.4, 0.5) is 4.39 Å². The Morgan fingerprint density at radius 1 is 0.493 bits per heavy atom. The number of ether oxygens (including phenoxy) is 6. The van der Waals surface area contributed by atoms with Crippen molar-refractivity contribution in [2.24, 2.45) is 16.2 Å². The zero-order valence-corrected chi connectivity index (χ0v) is 42.7. The third kappa shape index (κ3) is 24.9. The molecule has 0 saturated heterocycles. The van der Waals surface area contributed by atoms with Crippen LogP contribution in [-0.4, -0.2) is 75.5 Å². The highest BCUT2D eigenvalue weighted by Gasteiger charge is 2.28. The molecule has 3 aromatic carbocycles. The summed E-state index contributed by atoms with van der Waals surface area (Å²) in [5.74, 6) is -2.81. The summed E-state index contributed by atoms with van der Waals surface area (Å²) >= 11 is 15.3. The van der Waals surface area contributed by atoms with Crippen LogP contribution in [0.2, 0.25) is 10.0 Å². The van der Waals surface area contributed by atoms with Gasteiger partial charge < -0.3 is 28.4 Å². The number of benzene rings is 3. The zero-order valence-electron chi connectivity index (χ0n) is 39.6. The Balaban J connectivity index is 0.000000503. The average Bonchev–Trinajstić information content (AvgIpc) is 3.30. The van der Waals surface area contributed by atoms with E-state index in [1.807, 2.05) is 58.9 Å². The summed E-state index contributed by atoms with van der Waals surface area (Å²) in [4.78, 5) is 69.7. The third-order valence-electron chi connectivity index (χ3n) is 9.94. The molecule has 0 spiro atoms. The van der Waals surface area contributed by atoms with Crippen LogP contribution < -0.4 is 0 Å². The van der Waals surface area contributed by atoms with Crippen LogP contribution >= 0.6 is 39.1 Å². The number of halogens is 4. The van der Waals surface area contributed by atoms with Crippen molar-refractivity contribution < 1.29 is 61.6 Å². The lowest BCUT2D eigenvalue weighted by molar-refractivity contribution is -0.158. The van der Waals surface area contributed by atoms with Crippen LogP contribution in [0.3, 0.4) is 0 Å². The van der Waals surface area contributed by atoms with Crippen molar-refractivity contribution in [3.8, 4) is 0 Å². The second-order valence-electron chi connectivity index (χ2n) is 16.4. The first-order valence-electron chi connectivity index (χ1n) is 21.5. The van der Waals surface area contributed by atoms with Crippen molar-refractivity contribution in [2.75, 3.05) is 39.6 Å². The number of hydrogen-bond acceptors (Lipinski definition) is 12. The second kappa shape index (κ2) is 30.9. The minimum absolute atomic E-state index is 0.00186. The van der Waals surface area contributed by atoms with E-state index in [0.29, 0.717) is 40.4 Å². The van der Waals surface area contributed by atoms with Gasteiger partial charge in [-0.25, -0.2) is 18.8 Å². The van der Waals surface area contributed by atoms with E-state index in [1.165, 1.54) is 42.5 Å². The maximum Gasteiger partial charge on any atom is 0.330 e. The Labute approximate surface area is 412 Å². The Morgan fingerprint density at radius 2 is 0.791 bits per heavy atom. The molecule has 0 aromatic heterocycles. The minimum Gasteiger partial charge on any atom is -0.462 e. The quantitative estimate of drug-likeness (QED) is 0.0431. The van der Waals surface area contributed by atoms with Gasteiger partial charge in [-0.2, -0.15) is 0 Å². The van der Waals surface area contributed by atoms with Gasteiger partial charge >= 0.3 is 35.8 Å². The lowest BCUT2D eigenvalue weighted by atomic mass is 9.91. The van der Waals surface area contributed by atoms with E-state index in [-0.39, 0.29) is 63.4 Å². The fourth-order valence-corrected chi connectivity index (χ4v) is 5.08. The molecule has 0 aliphatic heterocycles. The van der Waals surface area contributed by atoms with Crippen molar-refractivity contribution >= 4 is 93.2 Å². The topological polar surface area (TPSA) is 158 Å². The highest BCUT2D eigenvalue weighted by molar-refractivity contribution is 9.10. The molecule has 366 valence electrons. The van der Waals surface area contributed by atoms with Gasteiger partial charge in [-0.05, 0) is 127 Å². The van der Waals surface area contributed by atoms with Gasteiger partial charge in [0.2, 0.25) is 0 Å². The SMILES string of the molecule is CCC(C)(C)C(=O)OCCOC(=O)/C=C/c1c(Cl)cccc1Cl.CCC(C)(C)C(=O)OCCOC(=O)/C=C/c1ccc(Br)cc1.CCC(C)(C)C(=O)OCCOC(=O)/C=C/c1ccc(F)cc1. The van der Waals surface area contributed by atoms with Crippen LogP contribution in [-0.2, 0) is 57.2 Å². The molecule has 0 bridgehead atoms. The molecule has 0 aliphatic carbocycles. The minimum atomic E-state index is -0.563. The normalized spacial score (nSPS) is 11.5. The molecule has 0 radical (unpaired) electrons. The lowest BCUT2D eigenvalue weighted by Crippen LogP contribution is -2.27. The summed E-state index contributed by atoms with van der Waals surface area (Å²) < 4.78 is 43.7. The summed E-state index contributed by atoms with van der Waals surface area (Å²) in [5, 5.41) is 0.884. The fourth-order valence-electron chi connectivity index (χ4n) is 4.29. The zero-order chi connectivity index (χ0) is 50.6. The fraction of sp³-hybridized carbons (Fsp3) is 0.412. The number of hydrogen-bond donors (Lipinski definition) is 0. The summed E-state index contributed by atoms with van der Waals surface area (Å²) in [7, 11) is 0. The number of carbonyl (C=O) groups excluding carboxylic acids is 6. The summed E-state index contributed by atoms with van der Waals surface area (Å²) in [6, 6.07) is 18.3. The first-order chi connectivity index (χ1) is 31.5. The Kier molecular flexibility index (Phi) is 27.5. The number of rotatable bonds is 21. The molecule has 67 heavy (non-hydrogen) atoms.